The summed E-state index contributed by atoms with van der Waals surface area (Å²) in [4.78, 5) is 27.1. The molecule has 0 saturated carbocycles. The second kappa shape index (κ2) is 7.23. The molecule has 0 aliphatic heterocycles. The predicted octanol–water partition coefficient (Wildman–Crippen LogP) is 2.67. The van der Waals surface area contributed by atoms with Gasteiger partial charge in [-0.25, -0.2) is 22.9 Å². The zero-order valence-corrected chi connectivity index (χ0v) is 12.7. The molecule has 2 rings (SSSR count). The first kappa shape index (κ1) is 16.9. The molecule has 0 spiro atoms. The van der Waals surface area contributed by atoms with Gasteiger partial charge in [0.2, 0.25) is 0 Å². The molecule has 0 aliphatic carbocycles. The monoisotopic (exact) mass is 344 g/mol. The van der Waals surface area contributed by atoms with Crippen LogP contribution in [0.3, 0.4) is 0 Å². The molecule has 122 valence electrons. The third-order valence-corrected chi connectivity index (χ3v) is 3.56. The van der Waals surface area contributed by atoms with Gasteiger partial charge in [0.1, 0.15) is 16.4 Å². The van der Waals surface area contributed by atoms with Gasteiger partial charge >= 0.3 is 5.97 Å². The van der Waals surface area contributed by atoms with Crippen LogP contribution in [0.4, 0.5) is 13.2 Å². The van der Waals surface area contributed by atoms with Gasteiger partial charge in [0.25, 0.3) is 5.91 Å². The lowest BCUT2D eigenvalue weighted by atomic mass is 10.1. The van der Waals surface area contributed by atoms with Gasteiger partial charge in [-0.2, -0.15) is 0 Å². The number of aromatic nitrogens is 1. The number of rotatable bonds is 5. The van der Waals surface area contributed by atoms with Crippen LogP contribution < -0.4 is 5.32 Å². The Labute approximate surface area is 133 Å². The van der Waals surface area contributed by atoms with Crippen molar-refractivity contribution in [3.05, 3.63) is 51.2 Å². The number of benzene rings is 1. The molecule has 0 saturated heterocycles. The van der Waals surface area contributed by atoms with Gasteiger partial charge in [0.15, 0.2) is 17.3 Å². The number of carbonyl (C=O) groups is 2. The van der Waals surface area contributed by atoms with Gasteiger partial charge < -0.3 is 10.1 Å². The lowest BCUT2D eigenvalue weighted by Crippen LogP contribution is -2.25. The molecule has 1 aromatic heterocycles. The Morgan fingerprint density at radius 1 is 1.26 bits per heavy atom. The van der Waals surface area contributed by atoms with Gasteiger partial charge in [-0.3, -0.25) is 4.79 Å². The van der Waals surface area contributed by atoms with Crippen molar-refractivity contribution in [2.45, 2.75) is 13.5 Å². The maximum Gasteiger partial charge on any atom is 0.357 e. The molecule has 0 bridgehead atoms. The third-order valence-electron chi connectivity index (χ3n) is 2.71. The zero-order valence-electron chi connectivity index (χ0n) is 11.9. The highest BCUT2D eigenvalue weighted by Gasteiger charge is 2.21. The van der Waals surface area contributed by atoms with Crippen molar-refractivity contribution in [1.82, 2.24) is 10.3 Å². The lowest BCUT2D eigenvalue weighted by Gasteiger charge is -2.06. The summed E-state index contributed by atoms with van der Waals surface area (Å²) in [6, 6.07) is 1.25. The number of hydrogen-bond acceptors (Lipinski definition) is 5. The molecule has 0 atom stereocenters. The average Bonchev–Trinajstić information content (AvgIpc) is 2.99. The van der Waals surface area contributed by atoms with Crippen molar-refractivity contribution in [3.63, 3.8) is 0 Å². The molecule has 0 unspecified atom stereocenters. The molecule has 2 aromatic rings. The first-order valence-corrected chi connectivity index (χ1v) is 7.35. The molecule has 0 fully saturated rings. The number of nitrogens with zero attached hydrogens (tertiary/aromatic N) is 1. The minimum Gasteiger partial charge on any atom is -0.461 e. The van der Waals surface area contributed by atoms with Crippen LogP contribution >= 0.6 is 11.3 Å². The summed E-state index contributed by atoms with van der Waals surface area (Å²) in [5.41, 5.74) is -0.934. The maximum absolute atomic E-state index is 13.5. The summed E-state index contributed by atoms with van der Waals surface area (Å²) in [6.45, 7) is 1.67. The van der Waals surface area contributed by atoms with E-state index in [9.17, 15) is 22.8 Å². The Hall–Kier alpha value is -2.42. The van der Waals surface area contributed by atoms with E-state index in [1.54, 1.807) is 6.92 Å². The van der Waals surface area contributed by atoms with Crippen molar-refractivity contribution >= 4 is 23.2 Å². The van der Waals surface area contributed by atoms with E-state index in [-0.39, 0.29) is 18.8 Å². The second-order valence-corrected chi connectivity index (χ2v) is 5.19. The van der Waals surface area contributed by atoms with E-state index >= 15 is 0 Å². The van der Waals surface area contributed by atoms with Gasteiger partial charge in [-0.15, -0.1) is 11.3 Å². The van der Waals surface area contributed by atoms with Crippen molar-refractivity contribution in [1.29, 1.82) is 0 Å². The SMILES string of the molecule is CCOC(=O)c1csc(CNC(=O)c2c(F)ccc(F)c2F)n1. The number of amides is 1. The van der Waals surface area contributed by atoms with Gasteiger partial charge in [0, 0.05) is 5.38 Å². The van der Waals surface area contributed by atoms with Crippen LogP contribution in [-0.2, 0) is 11.3 Å². The molecule has 1 heterocycles. The lowest BCUT2D eigenvalue weighted by molar-refractivity contribution is 0.0520. The van der Waals surface area contributed by atoms with Crippen molar-refractivity contribution in [3.8, 4) is 0 Å². The standard InChI is InChI=1S/C14H11F3N2O3S/c1-2-22-14(21)9-6-23-10(19-9)5-18-13(20)11-7(15)3-4-8(16)12(11)17/h3-4,6H,2,5H2,1H3,(H,18,20). The molecular weight excluding hydrogens is 333 g/mol. The molecule has 23 heavy (non-hydrogen) atoms. The van der Waals surface area contributed by atoms with E-state index in [0.29, 0.717) is 17.1 Å². The first-order chi connectivity index (χ1) is 10.9. The van der Waals surface area contributed by atoms with Crippen LogP contribution in [0.5, 0.6) is 0 Å². The number of thiazole rings is 1. The van der Waals surface area contributed by atoms with Crippen molar-refractivity contribution in [2.24, 2.45) is 0 Å². The predicted molar refractivity (Wildman–Crippen MR) is 75.6 cm³/mol. The van der Waals surface area contributed by atoms with E-state index in [1.807, 2.05) is 0 Å². The fourth-order valence-corrected chi connectivity index (χ4v) is 2.37. The molecule has 0 aliphatic rings. The van der Waals surface area contributed by atoms with Crippen molar-refractivity contribution < 1.29 is 27.5 Å². The Bertz CT molecular complexity index is 749. The fraction of sp³-hybridized carbons (Fsp3) is 0.214. The summed E-state index contributed by atoms with van der Waals surface area (Å²) >= 11 is 1.06. The molecule has 1 aromatic carbocycles. The normalized spacial score (nSPS) is 10.4. The molecule has 1 amide bonds. The van der Waals surface area contributed by atoms with E-state index < -0.39 is 34.9 Å². The molecular formula is C14H11F3N2O3S. The van der Waals surface area contributed by atoms with Crippen LogP contribution in [0.1, 0.15) is 32.8 Å². The fourth-order valence-electron chi connectivity index (χ4n) is 1.67. The maximum atomic E-state index is 13.5. The number of halogens is 3. The minimum atomic E-state index is -1.56. The molecule has 9 heteroatoms. The van der Waals surface area contributed by atoms with E-state index in [1.165, 1.54) is 5.38 Å². The topological polar surface area (TPSA) is 68.3 Å². The number of esters is 1. The molecule has 0 radical (unpaired) electrons. The zero-order chi connectivity index (χ0) is 17.0. The summed E-state index contributed by atoms with van der Waals surface area (Å²) in [5, 5.41) is 3.98. The van der Waals surface area contributed by atoms with E-state index in [0.717, 1.165) is 11.3 Å². The van der Waals surface area contributed by atoms with Crippen LogP contribution in [0, 0.1) is 17.5 Å². The minimum absolute atomic E-state index is 0.0733. The Morgan fingerprint density at radius 2 is 1.96 bits per heavy atom. The Morgan fingerprint density at radius 3 is 2.65 bits per heavy atom. The number of carbonyl (C=O) groups excluding carboxylic acids is 2. The largest absolute Gasteiger partial charge is 0.461 e. The highest BCUT2D eigenvalue weighted by atomic mass is 32.1. The summed E-state index contributed by atoms with van der Waals surface area (Å²) in [7, 11) is 0. The van der Waals surface area contributed by atoms with Crippen molar-refractivity contribution in [2.75, 3.05) is 6.61 Å². The first-order valence-electron chi connectivity index (χ1n) is 6.47. The Kier molecular flexibility index (Phi) is 5.32. The van der Waals surface area contributed by atoms with E-state index in [2.05, 4.69) is 10.3 Å². The second-order valence-electron chi connectivity index (χ2n) is 4.25. The quantitative estimate of drug-likeness (QED) is 0.669. The smallest absolute Gasteiger partial charge is 0.357 e. The molecule has 1 N–H and O–H groups in total. The third kappa shape index (κ3) is 3.86. The van der Waals surface area contributed by atoms with Crippen LogP contribution in [0.25, 0.3) is 0 Å². The van der Waals surface area contributed by atoms with Gasteiger partial charge in [0.05, 0.1) is 13.2 Å². The Balaban J connectivity index is 2.06. The summed E-state index contributed by atoms with van der Waals surface area (Å²) < 4.78 is 44.8. The van der Waals surface area contributed by atoms with Gasteiger partial charge in [-0.1, -0.05) is 0 Å². The highest BCUT2D eigenvalue weighted by Crippen LogP contribution is 2.16. The summed E-state index contributed by atoms with van der Waals surface area (Å²) in [6.07, 6.45) is 0. The van der Waals surface area contributed by atoms with Crippen LogP contribution in [-0.4, -0.2) is 23.5 Å². The van der Waals surface area contributed by atoms with Crippen LogP contribution in [0.2, 0.25) is 0 Å². The summed E-state index contributed by atoms with van der Waals surface area (Å²) in [5.74, 6) is -5.78. The van der Waals surface area contributed by atoms with E-state index in [4.69, 9.17) is 4.74 Å². The number of hydrogen-bond donors (Lipinski definition) is 1. The average molecular weight is 344 g/mol. The number of nitrogens with one attached hydrogen (secondary N) is 1. The van der Waals surface area contributed by atoms with Gasteiger partial charge in [-0.05, 0) is 19.1 Å². The highest BCUT2D eigenvalue weighted by molar-refractivity contribution is 7.09. The number of ether oxygens (including phenoxy) is 1. The van der Waals surface area contributed by atoms with Crippen LogP contribution in [0.15, 0.2) is 17.5 Å². The molecule has 5 nitrogen and oxygen atoms in total.